The molecule has 0 heterocycles. The molecule has 0 amide bonds. The zero-order valence-electron chi connectivity index (χ0n) is 7.62. The van der Waals surface area contributed by atoms with Crippen molar-refractivity contribution in [1.29, 1.82) is 0 Å². The van der Waals surface area contributed by atoms with Gasteiger partial charge in [0.15, 0.2) is 0 Å². The van der Waals surface area contributed by atoms with E-state index in [4.69, 9.17) is 24.8 Å². The molecule has 0 aliphatic rings. The summed E-state index contributed by atoms with van der Waals surface area (Å²) in [6.45, 7) is 0.826. The molecule has 1 rings (SSSR count). The summed E-state index contributed by atoms with van der Waals surface area (Å²) >= 11 is 9.43. The fraction of sp³-hybridized carbons (Fsp3) is 0.222. The first-order valence-electron chi connectivity index (χ1n) is 3.78. The Kier molecular flexibility index (Phi) is 8.91. The van der Waals surface area contributed by atoms with Gasteiger partial charge in [0.2, 0.25) is 0 Å². The van der Waals surface area contributed by atoms with Crippen molar-refractivity contribution in [1.82, 2.24) is 5.32 Å². The minimum Gasteiger partial charge on any atom is -0.412 e. The molecule has 0 saturated heterocycles. The molecule has 0 atom stereocenters. The number of rotatable bonds is 3. The third-order valence-corrected chi connectivity index (χ3v) is 1.81. The van der Waals surface area contributed by atoms with Gasteiger partial charge in [-0.3, -0.25) is 0 Å². The minimum absolute atomic E-state index is 0. The van der Waals surface area contributed by atoms with E-state index in [1.165, 1.54) is 5.56 Å². The van der Waals surface area contributed by atoms with Crippen LogP contribution in [0.25, 0.3) is 0 Å². The summed E-state index contributed by atoms with van der Waals surface area (Å²) in [6, 6.07) is 10.2. The van der Waals surface area contributed by atoms with E-state index in [2.05, 4.69) is 17.4 Å². The number of thiocarbonyl (C=S) groups is 1. The van der Waals surface area contributed by atoms with Gasteiger partial charge < -0.3 is 30.2 Å². The summed E-state index contributed by atoms with van der Waals surface area (Å²) in [5.74, 6) is 0. The smallest absolute Gasteiger partial charge is 0.412 e. The second kappa shape index (κ2) is 8.29. The van der Waals surface area contributed by atoms with E-state index in [-0.39, 0.29) is 51.4 Å². The Labute approximate surface area is 133 Å². The van der Waals surface area contributed by atoms with Crippen LogP contribution in [0.3, 0.4) is 0 Å². The molecule has 0 saturated carbocycles. The Morgan fingerprint density at radius 2 is 1.92 bits per heavy atom. The third kappa shape index (κ3) is 6.96. The summed E-state index contributed by atoms with van der Waals surface area (Å²) in [5.41, 5.74) is 1.30. The summed E-state index contributed by atoms with van der Waals surface area (Å²) < 4.78 is 0.450. The van der Waals surface area contributed by atoms with Gasteiger partial charge >= 0.3 is 51.4 Å². The first-order valence-corrected chi connectivity index (χ1v) is 4.59. The predicted octanol–water partition coefficient (Wildman–Crippen LogP) is -1.35. The van der Waals surface area contributed by atoms with Gasteiger partial charge in [-0.1, -0.05) is 34.7 Å². The molecule has 1 N–H and O–H groups in total. The summed E-state index contributed by atoms with van der Waals surface area (Å²) in [4.78, 5) is 0. The Balaban J connectivity index is 0.00000144. The van der Waals surface area contributed by atoms with E-state index in [0.717, 1.165) is 13.0 Å². The third-order valence-electron chi connectivity index (χ3n) is 1.53. The van der Waals surface area contributed by atoms with Crippen LogP contribution in [0.2, 0.25) is 0 Å². The van der Waals surface area contributed by atoms with Crippen LogP contribution in [0.4, 0.5) is 0 Å². The monoisotopic (exact) mass is 235 g/mol. The van der Waals surface area contributed by atoms with Crippen LogP contribution >= 0.6 is 12.2 Å². The molecule has 0 aliphatic carbocycles. The number of hydrogen-bond acceptors (Lipinski definition) is 2. The van der Waals surface area contributed by atoms with Crippen molar-refractivity contribution in [2.75, 3.05) is 6.54 Å². The summed E-state index contributed by atoms with van der Waals surface area (Å²) in [6.07, 6.45) is 0.970. The Morgan fingerprint density at radius 3 is 2.46 bits per heavy atom. The van der Waals surface area contributed by atoms with Crippen molar-refractivity contribution >= 4 is 29.2 Å². The number of nitrogens with one attached hydrogen (secondary N) is 1. The first-order chi connectivity index (χ1) is 5.79. The Morgan fingerprint density at radius 1 is 1.31 bits per heavy atom. The fourth-order valence-corrected chi connectivity index (χ4v) is 1.16. The molecule has 0 spiro atoms. The van der Waals surface area contributed by atoms with Crippen molar-refractivity contribution in [3.8, 4) is 0 Å². The molecular formula is C9H10KNS2. The molecule has 1 aromatic rings. The second-order valence-corrected chi connectivity index (χ2v) is 3.52. The molecule has 0 aromatic heterocycles. The zero-order valence-corrected chi connectivity index (χ0v) is 12.4. The van der Waals surface area contributed by atoms with Gasteiger partial charge in [-0.2, -0.15) is 0 Å². The molecule has 0 radical (unpaired) electrons. The van der Waals surface area contributed by atoms with E-state index >= 15 is 0 Å². The second-order valence-electron chi connectivity index (χ2n) is 2.45. The number of benzene rings is 1. The first kappa shape index (κ1) is 14.0. The molecule has 13 heavy (non-hydrogen) atoms. The van der Waals surface area contributed by atoms with E-state index in [9.17, 15) is 0 Å². The quantitative estimate of drug-likeness (QED) is 0.395. The Bertz CT molecular complexity index is 251. The normalized spacial score (nSPS) is 8.62. The molecule has 0 unspecified atom stereocenters. The average molecular weight is 235 g/mol. The van der Waals surface area contributed by atoms with Crippen LogP contribution < -0.4 is 56.7 Å². The predicted molar refractivity (Wildman–Crippen MR) is 58.1 cm³/mol. The van der Waals surface area contributed by atoms with Crippen LogP contribution in [-0.2, 0) is 19.0 Å². The van der Waals surface area contributed by atoms with Gasteiger partial charge in [0.1, 0.15) is 0 Å². The molecule has 64 valence electrons. The molecule has 0 aliphatic heterocycles. The van der Waals surface area contributed by atoms with Crippen molar-refractivity contribution in [3.63, 3.8) is 0 Å². The van der Waals surface area contributed by atoms with Crippen molar-refractivity contribution in [2.45, 2.75) is 6.42 Å². The maximum absolute atomic E-state index is 4.71. The van der Waals surface area contributed by atoms with Gasteiger partial charge in [-0.15, -0.1) is 0 Å². The van der Waals surface area contributed by atoms with E-state index in [0.29, 0.717) is 4.32 Å². The van der Waals surface area contributed by atoms with Crippen LogP contribution in [0.5, 0.6) is 0 Å². The maximum atomic E-state index is 4.71. The van der Waals surface area contributed by atoms with Crippen molar-refractivity contribution in [3.05, 3.63) is 35.9 Å². The Hall–Kier alpha value is 0.966. The maximum Gasteiger partial charge on any atom is 1.00 e. The SMILES string of the molecule is S=C([S-])NCCc1ccccc1.[K+]. The summed E-state index contributed by atoms with van der Waals surface area (Å²) in [5, 5.41) is 2.94. The topological polar surface area (TPSA) is 12.0 Å². The van der Waals surface area contributed by atoms with Gasteiger partial charge in [-0.05, 0) is 12.0 Å². The van der Waals surface area contributed by atoms with Gasteiger partial charge in [-0.25, -0.2) is 0 Å². The van der Waals surface area contributed by atoms with Crippen LogP contribution in [0.15, 0.2) is 30.3 Å². The van der Waals surface area contributed by atoms with Crippen LogP contribution in [0, 0.1) is 0 Å². The van der Waals surface area contributed by atoms with Gasteiger partial charge in [0.25, 0.3) is 0 Å². The fourth-order valence-electron chi connectivity index (χ4n) is 0.954. The molecule has 0 fully saturated rings. The van der Waals surface area contributed by atoms with Gasteiger partial charge in [0, 0.05) is 6.54 Å². The van der Waals surface area contributed by atoms with E-state index in [1.807, 2.05) is 18.2 Å². The van der Waals surface area contributed by atoms with E-state index < -0.39 is 0 Å². The average Bonchev–Trinajstić information content (AvgIpc) is 2.05. The standard InChI is InChI=1S/C9H11NS2.K/c11-9(12)10-7-6-8-4-2-1-3-5-8;/h1-5H,6-7H2,(H2,10,11,12);/q;+1/p-1. The molecule has 1 aromatic carbocycles. The van der Waals surface area contributed by atoms with E-state index in [1.54, 1.807) is 0 Å². The van der Waals surface area contributed by atoms with Crippen LogP contribution in [-0.4, -0.2) is 10.9 Å². The largest absolute Gasteiger partial charge is 1.00 e. The minimum atomic E-state index is 0. The van der Waals surface area contributed by atoms with Crippen molar-refractivity contribution in [2.24, 2.45) is 0 Å². The molecule has 4 heteroatoms. The zero-order chi connectivity index (χ0) is 8.81. The van der Waals surface area contributed by atoms with Crippen LogP contribution in [0.1, 0.15) is 5.56 Å². The molecule has 0 bridgehead atoms. The molecular weight excluding hydrogens is 225 g/mol. The van der Waals surface area contributed by atoms with Crippen molar-refractivity contribution < 1.29 is 51.4 Å². The summed E-state index contributed by atoms with van der Waals surface area (Å²) in [7, 11) is 0. The number of hydrogen-bond donors (Lipinski definition) is 1. The molecule has 1 nitrogen and oxygen atoms in total. The van der Waals surface area contributed by atoms with Gasteiger partial charge in [0.05, 0.1) is 0 Å².